The molecule has 0 heterocycles. The Hall–Kier alpha value is -3.03. The Morgan fingerprint density at radius 1 is 1.00 bits per heavy atom. The third-order valence-electron chi connectivity index (χ3n) is 3.30. The fourth-order valence-corrected chi connectivity index (χ4v) is 2.04. The second-order valence-electron chi connectivity index (χ2n) is 5.14. The smallest absolute Gasteiger partial charge is 0.376 e. The summed E-state index contributed by atoms with van der Waals surface area (Å²) in [5.41, 5.74) is 0.328. The molecule has 0 aliphatic heterocycles. The molecule has 25 heavy (non-hydrogen) atoms. The molecule has 132 valence electrons. The van der Waals surface area contributed by atoms with Gasteiger partial charge in [-0.1, -0.05) is 6.07 Å². The first kappa shape index (κ1) is 18.3. The van der Waals surface area contributed by atoms with Crippen molar-refractivity contribution in [3.8, 4) is 0 Å². The second kappa shape index (κ2) is 7.69. The molecule has 0 aliphatic rings. The van der Waals surface area contributed by atoms with Gasteiger partial charge in [0, 0.05) is 24.0 Å². The molecule has 5 nitrogen and oxygen atoms in total. The average molecular weight is 351 g/mol. The molecule has 0 bridgehead atoms. The lowest BCUT2D eigenvalue weighted by molar-refractivity contribution is -0.137. The number of anilines is 2. The third kappa shape index (κ3) is 5.23. The zero-order chi connectivity index (χ0) is 18.4. The molecule has 3 N–H and O–H groups in total. The number of rotatable bonds is 5. The van der Waals surface area contributed by atoms with Crippen LogP contribution in [0.3, 0.4) is 0 Å². The molecule has 2 aromatic carbocycles. The van der Waals surface area contributed by atoms with Crippen LogP contribution in [0.25, 0.3) is 0 Å². The molecule has 0 saturated carbocycles. The van der Waals surface area contributed by atoms with E-state index in [1.807, 2.05) is 0 Å². The standard InChI is InChI=1S/C17H16F3N3O2/c1-21-16(25)11-5-7-13(8-6-11)23-15(24)10-22-14-4-2-3-12(9-14)17(18,19)20/h2-9,22H,10H2,1H3,(H,21,25)(H,23,24). The number of nitrogens with one attached hydrogen (secondary N) is 3. The minimum Gasteiger partial charge on any atom is -0.376 e. The maximum atomic E-state index is 12.6. The molecular formula is C17H16F3N3O2. The van der Waals surface area contributed by atoms with Gasteiger partial charge in [-0.05, 0) is 42.5 Å². The van der Waals surface area contributed by atoms with Crippen molar-refractivity contribution in [1.82, 2.24) is 5.32 Å². The molecule has 2 rings (SSSR count). The molecule has 0 spiro atoms. The van der Waals surface area contributed by atoms with E-state index >= 15 is 0 Å². The quantitative estimate of drug-likeness (QED) is 0.775. The lowest BCUT2D eigenvalue weighted by atomic mass is 10.2. The Morgan fingerprint density at radius 3 is 2.28 bits per heavy atom. The van der Waals surface area contributed by atoms with Gasteiger partial charge in [0.25, 0.3) is 5.91 Å². The van der Waals surface area contributed by atoms with Gasteiger partial charge in [-0.2, -0.15) is 13.2 Å². The Balaban J connectivity index is 1.92. The first-order valence-corrected chi connectivity index (χ1v) is 7.33. The molecule has 0 atom stereocenters. The van der Waals surface area contributed by atoms with Crippen LogP contribution in [0.5, 0.6) is 0 Å². The van der Waals surface area contributed by atoms with E-state index in [0.29, 0.717) is 11.3 Å². The van der Waals surface area contributed by atoms with Crippen molar-refractivity contribution in [2.45, 2.75) is 6.18 Å². The summed E-state index contributed by atoms with van der Waals surface area (Å²) >= 11 is 0. The normalized spacial score (nSPS) is 10.9. The van der Waals surface area contributed by atoms with Crippen molar-refractivity contribution in [3.63, 3.8) is 0 Å². The van der Waals surface area contributed by atoms with Gasteiger partial charge in [0.2, 0.25) is 5.91 Å². The monoisotopic (exact) mass is 351 g/mol. The van der Waals surface area contributed by atoms with E-state index in [-0.39, 0.29) is 18.1 Å². The largest absolute Gasteiger partial charge is 0.416 e. The lowest BCUT2D eigenvalue weighted by Gasteiger charge is -2.11. The molecule has 2 aromatic rings. The van der Waals surface area contributed by atoms with Gasteiger partial charge in [0.15, 0.2) is 0 Å². The third-order valence-corrected chi connectivity index (χ3v) is 3.30. The molecule has 0 aromatic heterocycles. The number of carbonyl (C=O) groups excluding carboxylic acids is 2. The number of alkyl halides is 3. The molecule has 0 radical (unpaired) electrons. The number of halogens is 3. The van der Waals surface area contributed by atoms with Crippen LogP contribution in [0, 0.1) is 0 Å². The molecule has 0 fully saturated rings. The van der Waals surface area contributed by atoms with Crippen molar-refractivity contribution in [2.24, 2.45) is 0 Å². The molecule has 0 saturated heterocycles. The van der Waals surface area contributed by atoms with Gasteiger partial charge in [0.05, 0.1) is 12.1 Å². The molecular weight excluding hydrogens is 335 g/mol. The number of benzene rings is 2. The van der Waals surface area contributed by atoms with Crippen LogP contribution in [0.4, 0.5) is 24.5 Å². The molecule has 2 amide bonds. The SMILES string of the molecule is CNC(=O)c1ccc(NC(=O)CNc2cccc(C(F)(F)F)c2)cc1. The van der Waals surface area contributed by atoms with E-state index in [2.05, 4.69) is 16.0 Å². The Kier molecular flexibility index (Phi) is 5.63. The zero-order valence-electron chi connectivity index (χ0n) is 13.3. The maximum Gasteiger partial charge on any atom is 0.416 e. The average Bonchev–Trinajstić information content (AvgIpc) is 2.59. The molecule has 0 unspecified atom stereocenters. The first-order chi connectivity index (χ1) is 11.8. The highest BCUT2D eigenvalue weighted by atomic mass is 19.4. The number of amides is 2. The van der Waals surface area contributed by atoms with E-state index < -0.39 is 17.6 Å². The van der Waals surface area contributed by atoms with Crippen LogP contribution < -0.4 is 16.0 Å². The molecule has 0 aliphatic carbocycles. The molecule has 8 heteroatoms. The number of hydrogen-bond acceptors (Lipinski definition) is 3. The second-order valence-corrected chi connectivity index (χ2v) is 5.14. The first-order valence-electron chi connectivity index (χ1n) is 7.33. The summed E-state index contributed by atoms with van der Waals surface area (Å²) in [6, 6.07) is 10.8. The van der Waals surface area contributed by atoms with Gasteiger partial charge in [-0.25, -0.2) is 0 Å². The van der Waals surface area contributed by atoms with Gasteiger partial charge in [-0.3, -0.25) is 9.59 Å². The van der Waals surface area contributed by atoms with Gasteiger partial charge >= 0.3 is 6.18 Å². The van der Waals surface area contributed by atoms with Crippen LogP contribution in [0.15, 0.2) is 48.5 Å². The Labute approximate surface area is 142 Å². The summed E-state index contributed by atoms with van der Waals surface area (Å²) in [7, 11) is 1.51. The summed E-state index contributed by atoms with van der Waals surface area (Å²) in [5, 5.41) is 7.70. The fraction of sp³-hybridized carbons (Fsp3) is 0.176. The minimum absolute atomic E-state index is 0.194. The van der Waals surface area contributed by atoms with Crippen molar-refractivity contribution < 1.29 is 22.8 Å². The highest BCUT2D eigenvalue weighted by Gasteiger charge is 2.30. The number of carbonyl (C=O) groups is 2. The maximum absolute atomic E-state index is 12.6. The summed E-state index contributed by atoms with van der Waals surface area (Å²) in [6.45, 7) is -0.196. The van der Waals surface area contributed by atoms with E-state index in [1.54, 1.807) is 24.3 Å². The predicted octanol–water partition coefficient (Wildman–Crippen LogP) is 3.12. The summed E-state index contributed by atoms with van der Waals surface area (Å²) < 4.78 is 37.9. The van der Waals surface area contributed by atoms with Crippen molar-refractivity contribution in [2.75, 3.05) is 24.2 Å². The lowest BCUT2D eigenvalue weighted by Crippen LogP contribution is -2.22. The van der Waals surface area contributed by atoms with Crippen molar-refractivity contribution >= 4 is 23.2 Å². The predicted molar refractivity (Wildman–Crippen MR) is 88.4 cm³/mol. The van der Waals surface area contributed by atoms with E-state index in [1.165, 1.54) is 19.2 Å². The van der Waals surface area contributed by atoms with Gasteiger partial charge in [-0.15, -0.1) is 0 Å². The van der Waals surface area contributed by atoms with Crippen LogP contribution in [0.2, 0.25) is 0 Å². The van der Waals surface area contributed by atoms with Crippen molar-refractivity contribution in [1.29, 1.82) is 0 Å². The van der Waals surface area contributed by atoms with E-state index in [9.17, 15) is 22.8 Å². The topological polar surface area (TPSA) is 70.2 Å². The van der Waals surface area contributed by atoms with Crippen LogP contribution >= 0.6 is 0 Å². The van der Waals surface area contributed by atoms with Crippen LogP contribution in [-0.2, 0) is 11.0 Å². The highest BCUT2D eigenvalue weighted by Crippen LogP contribution is 2.30. The van der Waals surface area contributed by atoms with E-state index in [0.717, 1.165) is 12.1 Å². The van der Waals surface area contributed by atoms with Gasteiger partial charge in [0.1, 0.15) is 0 Å². The minimum atomic E-state index is -4.44. The number of hydrogen-bond donors (Lipinski definition) is 3. The van der Waals surface area contributed by atoms with Crippen LogP contribution in [0.1, 0.15) is 15.9 Å². The Morgan fingerprint density at radius 2 is 1.68 bits per heavy atom. The van der Waals surface area contributed by atoms with Crippen molar-refractivity contribution in [3.05, 3.63) is 59.7 Å². The highest BCUT2D eigenvalue weighted by molar-refractivity contribution is 5.96. The summed E-state index contributed by atoms with van der Waals surface area (Å²) in [6.07, 6.45) is -4.44. The summed E-state index contributed by atoms with van der Waals surface area (Å²) in [5.74, 6) is -0.672. The van der Waals surface area contributed by atoms with Crippen LogP contribution in [-0.4, -0.2) is 25.4 Å². The summed E-state index contributed by atoms with van der Waals surface area (Å²) in [4.78, 5) is 23.3. The Bertz CT molecular complexity index is 758. The van der Waals surface area contributed by atoms with Gasteiger partial charge < -0.3 is 16.0 Å². The van der Waals surface area contributed by atoms with E-state index in [4.69, 9.17) is 0 Å². The fourth-order valence-electron chi connectivity index (χ4n) is 2.04. The zero-order valence-corrected chi connectivity index (χ0v) is 13.3.